The second kappa shape index (κ2) is 9.61. The zero-order valence-corrected chi connectivity index (χ0v) is 19.6. The molecule has 2 saturated heterocycles. The van der Waals surface area contributed by atoms with Crippen LogP contribution in [0.5, 0.6) is 0 Å². The standard InChI is InChI=1S/C22H28ClF3N6O2/c1-21(34-18(33)22(24,25)26)8-11-32(17(13-21)12-14-2-4-15(23)5-3-14)16-6-9-31(10-7-16)20-28-19(27)29-30-20/h2-5,16-17H,6-13H2,1H3,(H3,27,28,29,30)/t17-,21?/m0/s1. The van der Waals surface area contributed by atoms with Gasteiger partial charge in [-0.2, -0.15) is 18.2 Å². The highest BCUT2D eigenvalue weighted by atomic mass is 35.5. The highest BCUT2D eigenvalue weighted by Crippen LogP contribution is 2.36. The first-order valence-corrected chi connectivity index (χ1v) is 11.6. The fraction of sp³-hybridized carbons (Fsp3) is 0.591. The Kier molecular flexibility index (Phi) is 6.95. The molecule has 0 amide bonds. The lowest BCUT2D eigenvalue weighted by atomic mass is 9.83. The van der Waals surface area contributed by atoms with E-state index < -0.39 is 17.7 Å². The van der Waals surface area contributed by atoms with Gasteiger partial charge in [0.05, 0.1) is 0 Å². The van der Waals surface area contributed by atoms with Crippen molar-refractivity contribution in [3.63, 3.8) is 0 Å². The molecule has 186 valence electrons. The number of benzene rings is 1. The lowest BCUT2D eigenvalue weighted by molar-refractivity contribution is -0.217. The smallest absolute Gasteiger partial charge is 0.453 e. The molecule has 4 rings (SSSR count). The van der Waals surface area contributed by atoms with E-state index in [0.717, 1.165) is 31.5 Å². The second-order valence-corrected chi connectivity index (χ2v) is 9.69. The Hall–Kier alpha value is -2.53. The molecule has 0 spiro atoms. The number of piperidine rings is 2. The minimum atomic E-state index is -5.01. The fourth-order valence-corrected chi connectivity index (χ4v) is 5.13. The number of anilines is 2. The van der Waals surface area contributed by atoms with Gasteiger partial charge in [-0.15, -0.1) is 5.10 Å². The number of ether oxygens (including phenoxy) is 1. The van der Waals surface area contributed by atoms with Crippen LogP contribution in [-0.2, 0) is 16.0 Å². The normalized spacial score (nSPS) is 24.9. The molecule has 2 aliphatic rings. The van der Waals surface area contributed by atoms with Gasteiger partial charge in [0.2, 0.25) is 11.9 Å². The Morgan fingerprint density at radius 3 is 2.53 bits per heavy atom. The summed E-state index contributed by atoms with van der Waals surface area (Å²) in [5.41, 5.74) is 5.48. The molecule has 8 nitrogen and oxygen atoms in total. The first kappa shape index (κ1) is 24.6. The van der Waals surface area contributed by atoms with Gasteiger partial charge in [0.15, 0.2) is 0 Å². The van der Waals surface area contributed by atoms with Gasteiger partial charge in [0, 0.05) is 43.2 Å². The molecule has 12 heteroatoms. The zero-order valence-electron chi connectivity index (χ0n) is 18.8. The summed E-state index contributed by atoms with van der Waals surface area (Å²) in [5.74, 6) is -1.30. The van der Waals surface area contributed by atoms with Crippen molar-refractivity contribution in [2.45, 2.75) is 62.9 Å². The molecule has 3 heterocycles. The van der Waals surface area contributed by atoms with Gasteiger partial charge in [0.1, 0.15) is 5.60 Å². The molecular weight excluding hydrogens is 473 g/mol. The molecule has 1 aromatic carbocycles. The van der Waals surface area contributed by atoms with Gasteiger partial charge < -0.3 is 15.4 Å². The topological polar surface area (TPSA) is 100 Å². The average molecular weight is 501 g/mol. The summed E-state index contributed by atoms with van der Waals surface area (Å²) in [7, 11) is 0. The number of esters is 1. The van der Waals surface area contributed by atoms with E-state index in [2.05, 4.69) is 25.0 Å². The van der Waals surface area contributed by atoms with E-state index in [0.29, 0.717) is 36.8 Å². The van der Waals surface area contributed by atoms with Crippen LogP contribution in [0.2, 0.25) is 5.02 Å². The molecule has 3 N–H and O–H groups in total. The number of carbonyl (C=O) groups excluding carboxylic acids is 1. The number of alkyl halides is 3. The first-order valence-electron chi connectivity index (χ1n) is 11.3. The van der Waals surface area contributed by atoms with Crippen LogP contribution in [-0.4, -0.2) is 69.5 Å². The lowest BCUT2D eigenvalue weighted by Crippen LogP contribution is -2.57. The predicted molar refractivity (Wildman–Crippen MR) is 121 cm³/mol. The van der Waals surface area contributed by atoms with E-state index in [1.807, 2.05) is 12.1 Å². The molecule has 2 aliphatic heterocycles. The molecule has 34 heavy (non-hydrogen) atoms. The van der Waals surface area contributed by atoms with E-state index >= 15 is 0 Å². The average Bonchev–Trinajstić information content (AvgIpc) is 3.21. The maximum Gasteiger partial charge on any atom is 0.490 e. The van der Waals surface area contributed by atoms with Crippen LogP contribution in [0.25, 0.3) is 0 Å². The van der Waals surface area contributed by atoms with E-state index in [-0.39, 0.29) is 18.0 Å². The maximum absolute atomic E-state index is 12.9. The first-order chi connectivity index (χ1) is 16.0. The largest absolute Gasteiger partial charge is 0.490 e. The molecule has 0 aliphatic carbocycles. The third kappa shape index (κ3) is 5.75. The number of halogens is 4. The van der Waals surface area contributed by atoms with Crippen molar-refractivity contribution in [2.75, 3.05) is 30.3 Å². The minimum Gasteiger partial charge on any atom is -0.453 e. The molecule has 0 radical (unpaired) electrons. The summed E-state index contributed by atoms with van der Waals surface area (Å²) in [6, 6.07) is 7.60. The van der Waals surface area contributed by atoms with Crippen LogP contribution >= 0.6 is 11.6 Å². The molecule has 0 saturated carbocycles. The summed E-state index contributed by atoms with van der Waals surface area (Å²) in [6.07, 6.45) is -2.04. The summed E-state index contributed by atoms with van der Waals surface area (Å²) in [6.45, 7) is 3.62. The summed E-state index contributed by atoms with van der Waals surface area (Å²) in [5, 5.41) is 7.39. The molecule has 2 aromatic rings. The summed E-state index contributed by atoms with van der Waals surface area (Å²) in [4.78, 5) is 20.2. The van der Waals surface area contributed by atoms with Crippen LogP contribution in [0.3, 0.4) is 0 Å². The van der Waals surface area contributed by atoms with Crippen LogP contribution < -0.4 is 10.6 Å². The quantitative estimate of drug-likeness (QED) is 0.605. The molecule has 2 atom stereocenters. The van der Waals surface area contributed by atoms with Gasteiger partial charge >= 0.3 is 12.1 Å². The van der Waals surface area contributed by atoms with Crippen molar-refractivity contribution in [3.05, 3.63) is 34.9 Å². The Morgan fingerprint density at radius 1 is 1.26 bits per heavy atom. The third-order valence-electron chi connectivity index (χ3n) is 6.70. The van der Waals surface area contributed by atoms with E-state index in [9.17, 15) is 18.0 Å². The number of aromatic amines is 1. The van der Waals surface area contributed by atoms with Crippen molar-refractivity contribution in [1.29, 1.82) is 0 Å². The number of nitrogen functional groups attached to an aromatic ring is 1. The van der Waals surface area contributed by atoms with Gasteiger partial charge in [0.25, 0.3) is 0 Å². The predicted octanol–water partition coefficient (Wildman–Crippen LogP) is 3.58. The van der Waals surface area contributed by atoms with Crippen molar-refractivity contribution >= 4 is 29.5 Å². The van der Waals surface area contributed by atoms with E-state index in [1.165, 1.54) is 0 Å². The number of nitrogens with zero attached hydrogens (tertiary/aromatic N) is 4. The maximum atomic E-state index is 12.9. The molecule has 1 aromatic heterocycles. The number of rotatable bonds is 5. The Labute approximate surface area is 200 Å². The number of hydrogen-bond acceptors (Lipinski definition) is 7. The molecule has 2 fully saturated rings. The van der Waals surface area contributed by atoms with Crippen molar-refractivity contribution < 1.29 is 22.7 Å². The number of nitrogens with two attached hydrogens (primary N) is 1. The van der Waals surface area contributed by atoms with E-state index in [4.69, 9.17) is 22.1 Å². The molecule has 0 bridgehead atoms. The number of hydrogen-bond donors (Lipinski definition) is 2. The minimum absolute atomic E-state index is 0.0864. The Bertz CT molecular complexity index is 993. The van der Waals surface area contributed by atoms with Crippen molar-refractivity contribution in [2.24, 2.45) is 0 Å². The molecular formula is C22H28ClF3N6O2. The Morgan fingerprint density at radius 2 is 1.94 bits per heavy atom. The summed E-state index contributed by atoms with van der Waals surface area (Å²) >= 11 is 6.02. The number of nitrogens with one attached hydrogen (secondary N) is 1. The van der Waals surface area contributed by atoms with Crippen molar-refractivity contribution in [1.82, 2.24) is 20.1 Å². The zero-order chi connectivity index (χ0) is 24.5. The van der Waals surface area contributed by atoms with Gasteiger partial charge in [-0.25, -0.2) is 9.89 Å². The highest BCUT2D eigenvalue weighted by molar-refractivity contribution is 6.30. The van der Waals surface area contributed by atoms with Crippen LogP contribution in [0.15, 0.2) is 24.3 Å². The van der Waals surface area contributed by atoms with E-state index in [1.54, 1.807) is 19.1 Å². The number of likely N-dealkylation sites (tertiary alicyclic amines) is 1. The number of carbonyl (C=O) groups is 1. The number of aromatic nitrogens is 3. The number of H-pyrrole nitrogens is 1. The monoisotopic (exact) mass is 500 g/mol. The van der Waals surface area contributed by atoms with Crippen LogP contribution in [0.1, 0.15) is 38.2 Å². The molecule has 1 unspecified atom stereocenters. The van der Waals surface area contributed by atoms with Gasteiger partial charge in [-0.1, -0.05) is 23.7 Å². The van der Waals surface area contributed by atoms with Crippen molar-refractivity contribution in [3.8, 4) is 0 Å². The van der Waals surface area contributed by atoms with Gasteiger partial charge in [-0.3, -0.25) is 4.90 Å². The van der Waals surface area contributed by atoms with Crippen LogP contribution in [0, 0.1) is 0 Å². The fourth-order valence-electron chi connectivity index (χ4n) is 5.01. The Balaban J connectivity index is 1.47. The summed E-state index contributed by atoms with van der Waals surface area (Å²) < 4.78 is 43.6. The second-order valence-electron chi connectivity index (χ2n) is 9.25. The highest BCUT2D eigenvalue weighted by Gasteiger charge is 2.48. The SMILES string of the molecule is CC1(OC(=O)C(F)(F)F)CCN(C2CCN(c3n[nH]c(N)n3)CC2)[C@@H](Cc2ccc(Cl)cc2)C1. The van der Waals surface area contributed by atoms with Crippen LogP contribution in [0.4, 0.5) is 25.1 Å². The third-order valence-corrected chi connectivity index (χ3v) is 6.95. The lowest BCUT2D eigenvalue weighted by Gasteiger charge is -2.49. The van der Waals surface area contributed by atoms with Gasteiger partial charge in [-0.05, 0) is 50.3 Å².